The molecule has 0 saturated heterocycles. The van der Waals surface area contributed by atoms with E-state index in [1.807, 2.05) is 45.0 Å². The fourth-order valence-corrected chi connectivity index (χ4v) is 3.98. The van der Waals surface area contributed by atoms with Crippen molar-refractivity contribution in [3.05, 3.63) is 45.4 Å². The van der Waals surface area contributed by atoms with E-state index in [4.69, 9.17) is 22.5 Å². The summed E-state index contributed by atoms with van der Waals surface area (Å²) in [4.78, 5) is 5.35. The zero-order chi connectivity index (χ0) is 16.5. The van der Waals surface area contributed by atoms with Gasteiger partial charge in [0.05, 0.1) is 5.69 Å². The number of rotatable bonds is 5. The Morgan fingerprint density at radius 2 is 2.05 bits per heavy atom. The number of aromatic nitrogens is 1. The van der Waals surface area contributed by atoms with Gasteiger partial charge < -0.3 is 10.3 Å². The van der Waals surface area contributed by atoms with Gasteiger partial charge in [-0.2, -0.15) is 5.14 Å². The van der Waals surface area contributed by atoms with Gasteiger partial charge in [0.1, 0.15) is 4.75 Å². The third-order valence-corrected chi connectivity index (χ3v) is 6.39. The second-order valence-corrected chi connectivity index (χ2v) is 9.01. The Kier molecular flexibility index (Phi) is 5.40. The third-order valence-electron chi connectivity index (χ3n) is 3.69. The maximum atomic E-state index is 11.9. The highest BCUT2D eigenvalue weighted by Crippen LogP contribution is 2.42. The molecule has 0 radical (unpaired) electrons. The number of hydrogen-bond acceptors (Lipinski definition) is 5. The highest BCUT2D eigenvalue weighted by Gasteiger charge is 2.36. The molecule has 2 rings (SSSR count). The van der Waals surface area contributed by atoms with Crippen LogP contribution in [0.3, 0.4) is 0 Å². The van der Waals surface area contributed by atoms with Crippen LogP contribution in [0.4, 0.5) is 5.13 Å². The van der Waals surface area contributed by atoms with Crippen LogP contribution in [-0.4, -0.2) is 14.3 Å². The van der Waals surface area contributed by atoms with E-state index < -0.39 is 16.1 Å². The van der Waals surface area contributed by atoms with Crippen molar-refractivity contribution in [3.8, 4) is 0 Å². The van der Waals surface area contributed by atoms with E-state index in [1.165, 1.54) is 11.3 Å². The molecule has 2 atom stereocenters. The van der Waals surface area contributed by atoms with Crippen LogP contribution in [0, 0.1) is 6.92 Å². The van der Waals surface area contributed by atoms with Crippen LogP contribution in [0.25, 0.3) is 0 Å². The van der Waals surface area contributed by atoms with Crippen molar-refractivity contribution >= 4 is 39.4 Å². The number of benzene rings is 1. The van der Waals surface area contributed by atoms with Crippen LogP contribution in [0.15, 0.2) is 24.3 Å². The predicted octanol–water partition coefficient (Wildman–Crippen LogP) is 3.61. The molecule has 0 spiro atoms. The average Bonchev–Trinajstić information content (AvgIpc) is 2.75. The first-order chi connectivity index (χ1) is 10.2. The molecule has 1 aromatic carbocycles. The Morgan fingerprint density at radius 3 is 2.55 bits per heavy atom. The fraction of sp³-hybridized carbons (Fsp3) is 0.400. The highest BCUT2D eigenvalue weighted by molar-refractivity contribution is 7.90. The Hall–Kier alpha value is -0.790. The molecule has 0 fully saturated rings. The van der Waals surface area contributed by atoms with Crippen molar-refractivity contribution in [1.82, 2.24) is 4.98 Å². The normalized spacial score (nSPS) is 14.8. The summed E-state index contributed by atoms with van der Waals surface area (Å²) in [6.45, 7) is 5.72. The second-order valence-electron chi connectivity index (χ2n) is 5.84. The lowest BCUT2D eigenvalue weighted by Gasteiger charge is -2.29. The summed E-state index contributed by atoms with van der Waals surface area (Å²) in [5.74, 6) is -0.0361. The molecule has 0 amide bonds. The quantitative estimate of drug-likeness (QED) is 0.800. The van der Waals surface area contributed by atoms with Crippen molar-refractivity contribution in [2.45, 2.75) is 37.9 Å². The third kappa shape index (κ3) is 3.75. The molecule has 1 heterocycles. The predicted molar refractivity (Wildman–Crippen MR) is 95.6 cm³/mol. The molecule has 0 bridgehead atoms. The summed E-state index contributed by atoms with van der Waals surface area (Å²) in [6.07, 6.45) is 0.600. The van der Waals surface area contributed by atoms with Gasteiger partial charge in [-0.25, -0.2) is 4.98 Å². The van der Waals surface area contributed by atoms with Gasteiger partial charge in [-0.3, -0.25) is 0 Å². The standard InChI is InChI=1S/C15H20ClN3OS2/c1-9-13(21-14(17)19-9)11(8-15(2,3)22(18)20)10-6-4-5-7-12(10)16/h4-7,11H,8,18H2,1-3H3,(H2,17,19)/t11-,22?/m1/s1. The van der Waals surface area contributed by atoms with Gasteiger partial charge in [0.15, 0.2) is 5.13 Å². The number of nitrogens with zero attached hydrogens (tertiary/aromatic N) is 1. The second kappa shape index (κ2) is 6.76. The highest BCUT2D eigenvalue weighted by atomic mass is 35.5. The molecule has 1 aromatic heterocycles. The van der Waals surface area contributed by atoms with Crippen molar-refractivity contribution in [3.63, 3.8) is 0 Å². The first-order valence-electron chi connectivity index (χ1n) is 6.86. The summed E-state index contributed by atoms with van der Waals surface area (Å²) in [7, 11) is 0. The van der Waals surface area contributed by atoms with Gasteiger partial charge in [-0.05, 0) is 32.4 Å². The molecule has 0 aliphatic rings. The molecule has 0 saturated carbocycles. The lowest BCUT2D eigenvalue weighted by atomic mass is 9.88. The summed E-state index contributed by atoms with van der Waals surface area (Å²) in [6, 6.07) is 7.68. The summed E-state index contributed by atoms with van der Waals surface area (Å²) < 4.78 is 11.3. The molecule has 7 heteroatoms. The number of hydrogen-bond donors (Lipinski definition) is 2. The minimum atomic E-state index is -1.44. The summed E-state index contributed by atoms with van der Waals surface area (Å²) >= 11 is 6.39. The maximum Gasteiger partial charge on any atom is 0.180 e. The molecule has 1 unspecified atom stereocenters. The maximum absolute atomic E-state index is 11.9. The average molecular weight is 358 g/mol. The number of halogens is 1. The molecule has 2 aromatic rings. The van der Waals surface area contributed by atoms with Gasteiger partial charge >= 0.3 is 0 Å². The minimum absolute atomic E-state index is 0.0361. The lowest BCUT2D eigenvalue weighted by molar-refractivity contribution is 0.510. The van der Waals surface area contributed by atoms with Gasteiger partial charge in [0.25, 0.3) is 0 Å². The molecular weight excluding hydrogens is 338 g/mol. The van der Waals surface area contributed by atoms with Gasteiger partial charge in [0, 0.05) is 33.6 Å². The molecule has 120 valence electrons. The van der Waals surface area contributed by atoms with Gasteiger partial charge in [-0.1, -0.05) is 29.8 Å². The zero-order valence-corrected chi connectivity index (χ0v) is 15.2. The van der Waals surface area contributed by atoms with Crippen molar-refractivity contribution in [2.75, 3.05) is 5.73 Å². The molecular formula is C15H20ClN3OS2. The van der Waals surface area contributed by atoms with Crippen LogP contribution in [0.5, 0.6) is 0 Å². The topological polar surface area (TPSA) is 88.0 Å². The smallest absolute Gasteiger partial charge is 0.180 e. The van der Waals surface area contributed by atoms with Crippen LogP contribution < -0.4 is 10.9 Å². The number of anilines is 1. The van der Waals surface area contributed by atoms with E-state index in [0.717, 1.165) is 16.1 Å². The van der Waals surface area contributed by atoms with E-state index in [1.54, 1.807) is 0 Å². The molecule has 0 aliphatic heterocycles. The monoisotopic (exact) mass is 357 g/mol. The lowest BCUT2D eigenvalue weighted by Crippen LogP contribution is -2.39. The number of nitrogen functional groups attached to an aromatic ring is 1. The number of aryl methyl sites for hydroxylation is 1. The largest absolute Gasteiger partial charge is 0.598 e. The SMILES string of the molecule is Cc1nc(N)sc1[C@H](CC(C)(C)[S+](N)[O-])c1ccccc1Cl. The number of thiazole rings is 1. The van der Waals surface area contributed by atoms with E-state index in [-0.39, 0.29) is 5.92 Å². The first kappa shape index (κ1) is 17.6. The first-order valence-corrected chi connectivity index (χ1v) is 9.26. The molecule has 4 N–H and O–H groups in total. The number of nitrogens with two attached hydrogens (primary N) is 2. The van der Waals surface area contributed by atoms with E-state index in [9.17, 15) is 4.55 Å². The van der Waals surface area contributed by atoms with E-state index >= 15 is 0 Å². The summed E-state index contributed by atoms with van der Waals surface area (Å²) in [5, 5.41) is 6.86. The molecule has 22 heavy (non-hydrogen) atoms. The van der Waals surface area contributed by atoms with Gasteiger partial charge in [0.2, 0.25) is 0 Å². The Morgan fingerprint density at radius 1 is 1.41 bits per heavy atom. The van der Waals surface area contributed by atoms with Crippen molar-refractivity contribution in [2.24, 2.45) is 5.14 Å². The summed E-state index contributed by atoms with van der Waals surface area (Å²) in [5.41, 5.74) is 7.71. The Bertz CT molecular complexity index is 658. The zero-order valence-electron chi connectivity index (χ0n) is 12.8. The van der Waals surface area contributed by atoms with E-state index in [2.05, 4.69) is 4.98 Å². The Balaban J connectivity index is 2.51. The van der Waals surface area contributed by atoms with Crippen molar-refractivity contribution in [1.29, 1.82) is 0 Å². The van der Waals surface area contributed by atoms with E-state index in [0.29, 0.717) is 16.6 Å². The van der Waals surface area contributed by atoms with Crippen LogP contribution >= 0.6 is 22.9 Å². The molecule has 0 aliphatic carbocycles. The van der Waals surface area contributed by atoms with Crippen LogP contribution in [0.1, 0.15) is 42.3 Å². The fourth-order valence-electron chi connectivity index (χ4n) is 2.43. The van der Waals surface area contributed by atoms with Crippen molar-refractivity contribution < 1.29 is 4.55 Å². The Labute approximate surface area is 143 Å². The van der Waals surface area contributed by atoms with Crippen LogP contribution in [0.2, 0.25) is 5.02 Å². The minimum Gasteiger partial charge on any atom is -0.598 e. The van der Waals surface area contributed by atoms with Crippen LogP contribution in [-0.2, 0) is 11.4 Å². The van der Waals surface area contributed by atoms with Gasteiger partial charge in [-0.15, -0.1) is 11.3 Å². The molecule has 4 nitrogen and oxygen atoms in total.